The summed E-state index contributed by atoms with van der Waals surface area (Å²) in [4.78, 5) is 0. The summed E-state index contributed by atoms with van der Waals surface area (Å²) < 4.78 is 6.82. The van der Waals surface area contributed by atoms with Crippen LogP contribution in [0.2, 0.25) is 13.3 Å². The van der Waals surface area contributed by atoms with Crippen molar-refractivity contribution in [1.82, 2.24) is 0 Å². The summed E-state index contributed by atoms with van der Waals surface area (Å²) in [5.41, 5.74) is 0.808. The van der Waals surface area contributed by atoms with Gasteiger partial charge in [-0.2, -0.15) is 0 Å². The van der Waals surface area contributed by atoms with Gasteiger partial charge in [-0.3, -0.25) is 0 Å². The van der Waals surface area contributed by atoms with E-state index in [-0.39, 0.29) is 0 Å². The monoisotopic (exact) mass is 435 g/mol. The zero-order valence-electron chi connectivity index (χ0n) is 15.7. The molecule has 0 spiro atoms. The topological polar surface area (TPSA) is 26.9 Å². The van der Waals surface area contributed by atoms with Crippen molar-refractivity contribution in [3.63, 3.8) is 0 Å². The number of benzene rings is 1. The van der Waals surface area contributed by atoms with E-state index in [1.54, 1.807) is 0 Å². The van der Waals surface area contributed by atoms with Crippen molar-refractivity contribution in [3.05, 3.63) is 41.7 Å². The summed E-state index contributed by atoms with van der Waals surface area (Å²) in [6.07, 6.45) is 9.74. The van der Waals surface area contributed by atoms with Crippen LogP contribution in [0.1, 0.15) is 59.3 Å². The van der Waals surface area contributed by atoms with E-state index in [1.807, 2.05) is 24.4 Å². The molecule has 0 N–H and O–H groups in total. The molecule has 0 aliphatic heterocycles. The predicted octanol–water partition coefficient (Wildman–Crippen LogP) is 5.53. The molecule has 0 saturated carbocycles. The molecule has 1 heterocycles. The number of fused-ring (bicyclic) bond motifs is 1. The minimum absolute atomic E-state index is 0.808. The summed E-state index contributed by atoms with van der Waals surface area (Å²) in [6.45, 7) is 6.89. The third kappa shape index (κ3) is 4.65. The molecule has 0 atom stereocenters. The maximum atomic E-state index is 12.6. The van der Waals surface area contributed by atoms with Crippen molar-refractivity contribution in [2.75, 3.05) is 0 Å². The first-order valence-corrected chi connectivity index (χ1v) is 17.3. The number of hydrogen-bond donors (Lipinski definition) is 0. The van der Waals surface area contributed by atoms with Crippen molar-refractivity contribution in [1.29, 1.82) is 0 Å². The SMILES string of the molecule is CCC[CH2][Sn]([CH2]CCC)([CH2]CCC)[c]1cc2ccccc2[n+]([O-])c1. The first-order chi connectivity index (χ1) is 11.7. The predicted molar refractivity (Wildman–Crippen MR) is 107 cm³/mol. The van der Waals surface area contributed by atoms with Gasteiger partial charge in [0, 0.05) is 0 Å². The number of para-hydroxylation sites is 1. The fourth-order valence-corrected chi connectivity index (χ4v) is 19.7. The van der Waals surface area contributed by atoms with E-state index in [0.29, 0.717) is 0 Å². The molecule has 0 aliphatic rings. The van der Waals surface area contributed by atoms with E-state index in [2.05, 4.69) is 32.9 Å². The second kappa shape index (κ2) is 9.64. The van der Waals surface area contributed by atoms with Crippen molar-refractivity contribution >= 4 is 32.9 Å². The van der Waals surface area contributed by atoms with Crippen LogP contribution in [0, 0.1) is 5.21 Å². The summed E-state index contributed by atoms with van der Waals surface area (Å²) in [5.74, 6) is 0. The Kier molecular flexibility index (Phi) is 7.86. The first-order valence-electron chi connectivity index (χ1n) is 9.79. The molecular formula is C21H33NOSn. The van der Waals surface area contributed by atoms with Gasteiger partial charge in [0.05, 0.1) is 0 Å². The van der Waals surface area contributed by atoms with Gasteiger partial charge in [-0.05, 0) is 0 Å². The number of pyridine rings is 1. The molecule has 0 aliphatic carbocycles. The molecule has 0 bridgehead atoms. The van der Waals surface area contributed by atoms with Crippen LogP contribution < -0.4 is 8.31 Å². The molecule has 0 unspecified atom stereocenters. The Morgan fingerprint density at radius 2 is 1.42 bits per heavy atom. The van der Waals surface area contributed by atoms with Crippen LogP contribution in [0.5, 0.6) is 0 Å². The molecule has 0 radical (unpaired) electrons. The molecule has 0 saturated heterocycles. The number of hydrogen-bond acceptors (Lipinski definition) is 1. The number of aromatic nitrogens is 1. The van der Waals surface area contributed by atoms with Gasteiger partial charge in [0.1, 0.15) is 0 Å². The summed E-state index contributed by atoms with van der Waals surface area (Å²) in [5, 5.41) is 13.7. The summed E-state index contributed by atoms with van der Waals surface area (Å²) >= 11 is -2.51. The maximum absolute atomic E-state index is 12.6. The fourth-order valence-electron chi connectivity index (χ4n) is 3.85. The van der Waals surface area contributed by atoms with Crippen molar-refractivity contribution in [2.24, 2.45) is 0 Å². The zero-order chi connectivity index (χ0) is 17.4. The van der Waals surface area contributed by atoms with Crippen LogP contribution in [0.3, 0.4) is 0 Å². The first kappa shape index (κ1) is 19.6. The molecule has 1 aromatic heterocycles. The molecule has 3 heteroatoms. The van der Waals surface area contributed by atoms with Crippen LogP contribution in [0.4, 0.5) is 0 Å². The average molecular weight is 434 g/mol. The van der Waals surface area contributed by atoms with Gasteiger partial charge in [0.2, 0.25) is 0 Å². The molecule has 132 valence electrons. The van der Waals surface area contributed by atoms with E-state index in [4.69, 9.17) is 0 Å². The van der Waals surface area contributed by atoms with E-state index in [0.717, 1.165) is 15.6 Å². The molecule has 2 nitrogen and oxygen atoms in total. The van der Waals surface area contributed by atoms with Gasteiger partial charge >= 0.3 is 152 Å². The summed E-state index contributed by atoms with van der Waals surface area (Å²) in [7, 11) is 0. The third-order valence-electron chi connectivity index (χ3n) is 5.38. The van der Waals surface area contributed by atoms with Crippen molar-refractivity contribution in [2.45, 2.75) is 72.6 Å². The molecule has 0 fully saturated rings. The zero-order valence-corrected chi connectivity index (χ0v) is 18.5. The average Bonchev–Trinajstić information content (AvgIpc) is 2.61. The fraction of sp³-hybridized carbons (Fsp3) is 0.571. The third-order valence-corrected chi connectivity index (χ3v) is 20.9. The normalized spacial score (nSPS) is 12.0. The number of rotatable bonds is 10. The van der Waals surface area contributed by atoms with E-state index < -0.39 is 18.4 Å². The minimum atomic E-state index is -2.51. The second-order valence-corrected chi connectivity index (χ2v) is 20.4. The van der Waals surface area contributed by atoms with Crippen LogP contribution in [-0.2, 0) is 0 Å². The number of unbranched alkanes of at least 4 members (excludes halogenated alkanes) is 3. The van der Waals surface area contributed by atoms with Crippen LogP contribution in [0.25, 0.3) is 10.9 Å². The van der Waals surface area contributed by atoms with Crippen molar-refractivity contribution < 1.29 is 4.73 Å². The Bertz CT molecular complexity index is 619. The van der Waals surface area contributed by atoms with Gasteiger partial charge in [-0.15, -0.1) is 0 Å². The molecular weight excluding hydrogens is 401 g/mol. The van der Waals surface area contributed by atoms with Gasteiger partial charge in [-0.1, -0.05) is 0 Å². The van der Waals surface area contributed by atoms with Gasteiger partial charge in [0.15, 0.2) is 0 Å². The van der Waals surface area contributed by atoms with Crippen LogP contribution >= 0.6 is 0 Å². The Morgan fingerprint density at radius 1 is 0.875 bits per heavy atom. The van der Waals surface area contributed by atoms with Gasteiger partial charge in [0.25, 0.3) is 0 Å². The van der Waals surface area contributed by atoms with Gasteiger partial charge < -0.3 is 0 Å². The molecule has 2 aromatic rings. The Morgan fingerprint density at radius 3 is 1.96 bits per heavy atom. The second-order valence-electron chi connectivity index (χ2n) is 7.20. The van der Waals surface area contributed by atoms with Crippen LogP contribution in [0.15, 0.2) is 36.5 Å². The number of nitrogens with zero attached hydrogens (tertiary/aromatic N) is 1. The Balaban J connectivity index is 2.50. The van der Waals surface area contributed by atoms with Gasteiger partial charge in [-0.25, -0.2) is 0 Å². The molecule has 0 amide bonds. The van der Waals surface area contributed by atoms with E-state index >= 15 is 0 Å². The Hall–Kier alpha value is -0.771. The molecule has 24 heavy (non-hydrogen) atoms. The Labute approximate surface area is 151 Å². The quantitative estimate of drug-likeness (QED) is 0.275. The van der Waals surface area contributed by atoms with E-state index in [1.165, 1.54) is 55.4 Å². The van der Waals surface area contributed by atoms with E-state index in [9.17, 15) is 5.21 Å². The van der Waals surface area contributed by atoms with Crippen LogP contribution in [-0.4, -0.2) is 18.4 Å². The standard InChI is InChI=1S/C9H6NO.3C4H9.Sn/c11-10-7-3-5-8-4-1-2-6-9(8)10;3*1-3-4-2;/h1-2,4-7H;3*1,3-4H2,2H3;. The summed E-state index contributed by atoms with van der Waals surface area (Å²) in [6, 6.07) is 10.4. The van der Waals surface area contributed by atoms with Crippen molar-refractivity contribution in [3.8, 4) is 0 Å². The molecule has 2 rings (SSSR count). The molecule has 1 aromatic carbocycles.